The van der Waals surface area contributed by atoms with Crippen LogP contribution in [0.5, 0.6) is 5.75 Å². The van der Waals surface area contributed by atoms with Crippen LogP contribution >= 0.6 is 22.9 Å². The van der Waals surface area contributed by atoms with E-state index >= 15 is 0 Å². The van der Waals surface area contributed by atoms with Gasteiger partial charge < -0.3 is 24.2 Å². The molecule has 1 atom stereocenters. The number of halogens is 2. The smallest absolute Gasteiger partial charge is 0.258 e. The number of aryl methyl sites for hydroxylation is 1. The van der Waals surface area contributed by atoms with E-state index in [1.165, 1.54) is 23.7 Å². The van der Waals surface area contributed by atoms with E-state index < -0.39 is 23.0 Å². The number of carbonyl (C=O) groups is 1. The summed E-state index contributed by atoms with van der Waals surface area (Å²) in [6.07, 6.45) is 5.50. The van der Waals surface area contributed by atoms with Crippen molar-refractivity contribution in [2.45, 2.75) is 38.1 Å². The Hall–Kier alpha value is -3.32. The van der Waals surface area contributed by atoms with Crippen LogP contribution in [0.3, 0.4) is 0 Å². The Morgan fingerprint density at radius 3 is 2.70 bits per heavy atom. The molecule has 1 aliphatic carbocycles. The van der Waals surface area contributed by atoms with Gasteiger partial charge in [-0.15, -0.1) is 11.3 Å². The maximum absolute atomic E-state index is 14.9. The van der Waals surface area contributed by atoms with Gasteiger partial charge in [0.1, 0.15) is 23.7 Å². The molecule has 210 valence electrons. The van der Waals surface area contributed by atoms with E-state index in [-0.39, 0.29) is 28.5 Å². The topological polar surface area (TPSA) is 120 Å². The molecule has 0 spiro atoms. The molecule has 2 heterocycles. The Balaban J connectivity index is 1.30. The second-order valence-corrected chi connectivity index (χ2v) is 11.4. The lowest BCUT2D eigenvalue weighted by molar-refractivity contribution is 0.102. The van der Waals surface area contributed by atoms with Crippen LogP contribution in [0.4, 0.5) is 21.6 Å². The van der Waals surface area contributed by atoms with E-state index in [2.05, 4.69) is 20.6 Å². The molecule has 0 saturated heterocycles. The Morgan fingerprint density at radius 2 is 2.00 bits per heavy atom. The molecule has 1 aliphatic rings. The molecule has 2 aromatic carbocycles. The lowest BCUT2D eigenvalue weighted by Crippen LogP contribution is -2.27. The maximum atomic E-state index is 14.9. The van der Waals surface area contributed by atoms with E-state index in [0.29, 0.717) is 30.2 Å². The zero-order chi connectivity index (χ0) is 28.2. The minimum absolute atomic E-state index is 0.0737. The average Bonchev–Trinajstić information content (AvgIpc) is 3.66. The van der Waals surface area contributed by atoms with Crippen molar-refractivity contribution in [1.29, 1.82) is 0 Å². The number of amides is 1. The molecular weight excluding hydrogens is 577 g/mol. The van der Waals surface area contributed by atoms with E-state index in [1.54, 1.807) is 12.5 Å². The number of methoxy groups -OCH3 is 1. The number of ether oxygens (including phenoxy) is 1. The molecule has 1 amide bonds. The predicted molar refractivity (Wildman–Crippen MR) is 156 cm³/mol. The first-order valence-electron chi connectivity index (χ1n) is 12.6. The molecule has 2 aromatic heterocycles. The number of benzene rings is 2. The second kappa shape index (κ2) is 12.5. The van der Waals surface area contributed by atoms with Crippen LogP contribution in [0.2, 0.25) is 5.02 Å². The largest absolute Gasteiger partial charge is 0.755 e. The lowest BCUT2D eigenvalue weighted by Gasteiger charge is -2.28. The zero-order valence-electron chi connectivity index (χ0n) is 21.5. The second-order valence-electron chi connectivity index (χ2n) is 9.30. The summed E-state index contributed by atoms with van der Waals surface area (Å²) in [7, 11) is 1.60. The number of fused-ring (bicyclic) bond motifs is 1. The first-order valence-corrected chi connectivity index (χ1v) is 14.9. The number of anilines is 3. The van der Waals surface area contributed by atoms with Crippen LogP contribution < -0.4 is 19.7 Å². The first-order chi connectivity index (χ1) is 19.4. The third-order valence-electron chi connectivity index (χ3n) is 6.51. The molecule has 0 aliphatic heterocycles. The highest BCUT2D eigenvalue weighted by Gasteiger charge is 2.25. The molecule has 4 aromatic rings. The van der Waals surface area contributed by atoms with Crippen LogP contribution in [0.15, 0.2) is 48.1 Å². The summed E-state index contributed by atoms with van der Waals surface area (Å²) >= 11 is 5.13. The molecule has 1 saturated carbocycles. The predicted octanol–water partition coefficient (Wildman–Crippen LogP) is 5.94. The van der Waals surface area contributed by atoms with Crippen molar-refractivity contribution in [2.24, 2.45) is 0 Å². The Labute approximate surface area is 242 Å². The summed E-state index contributed by atoms with van der Waals surface area (Å²) in [6.45, 7) is 0.133. The standard InChI is InChI=1S/C27H27ClFN5O4S2/c1-38-18-9-5-16(6-10-18)4-2-3-13-34(40(36)37)21-12-11-20(29)24(22(21)28)33-27(35)19-14-39-25-23(19)30-15-31-26(25)32-17-7-8-17/h5-6,9-12,14-15,17H,2-4,7-8,13H2,1H3,(H,33,35)(H,36,37)(H,30,31,32)/p-1. The van der Waals surface area contributed by atoms with Gasteiger partial charge in [-0.3, -0.25) is 9.00 Å². The highest BCUT2D eigenvalue weighted by Crippen LogP contribution is 2.37. The van der Waals surface area contributed by atoms with Crippen LogP contribution in [-0.4, -0.2) is 44.3 Å². The van der Waals surface area contributed by atoms with Crippen LogP contribution in [-0.2, 0) is 17.7 Å². The Kier molecular flexibility index (Phi) is 8.79. The summed E-state index contributed by atoms with van der Waals surface area (Å²) in [5, 5.41) is 7.26. The molecule has 1 fully saturated rings. The molecule has 9 nitrogen and oxygen atoms in total. The first kappa shape index (κ1) is 28.2. The number of rotatable bonds is 12. The number of hydrogen-bond donors (Lipinski definition) is 2. The van der Waals surface area contributed by atoms with Crippen molar-refractivity contribution in [3.63, 3.8) is 0 Å². The van der Waals surface area contributed by atoms with Gasteiger partial charge >= 0.3 is 0 Å². The Bertz CT molecular complexity index is 1550. The van der Waals surface area contributed by atoms with Gasteiger partial charge in [0, 0.05) is 29.2 Å². The molecule has 0 bridgehead atoms. The van der Waals surface area contributed by atoms with Crippen LogP contribution in [0, 0.1) is 5.82 Å². The number of hydrogen-bond acceptors (Lipinski definition) is 8. The van der Waals surface area contributed by atoms with Crippen molar-refractivity contribution >= 4 is 67.5 Å². The van der Waals surface area contributed by atoms with Gasteiger partial charge in [0.2, 0.25) is 0 Å². The van der Waals surface area contributed by atoms with E-state index in [1.807, 2.05) is 24.3 Å². The number of nitrogens with zero attached hydrogens (tertiary/aromatic N) is 3. The summed E-state index contributed by atoms with van der Waals surface area (Å²) < 4.78 is 46.0. The van der Waals surface area contributed by atoms with E-state index in [9.17, 15) is 17.9 Å². The van der Waals surface area contributed by atoms with Gasteiger partial charge in [-0.05, 0) is 61.9 Å². The zero-order valence-corrected chi connectivity index (χ0v) is 23.9. The summed E-state index contributed by atoms with van der Waals surface area (Å²) in [4.78, 5) is 21.7. The number of carbonyl (C=O) groups excluding carboxylic acids is 1. The van der Waals surface area contributed by atoms with Gasteiger partial charge in [-0.25, -0.2) is 14.4 Å². The molecule has 2 N–H and O–H groups in total. The number of unbranched alkanes of at least 4 members (excludes halogenated alkanes) is 1. The highest BCUT2D eigenvalue weighted by molar-refractivity contribution is 7.80. The number of thiophene rings is 1. The fourth-order valence-electron chi connectivity index (χ4n) is 4.22. The molecule has 40 heavy (non-hydrogen) atoms. The molecule has 13 heteroatoms. The third kappa shape index (κ3) is 6.35. The van der Waals surface area contributed by atoms with Gasteiger partial charge in [0.05, 0.1) is 39.3 Å². The number of aromatic nitrogens is 2. The van der Waals surface area contributed by atoms with Crippen molar-refractivity contribution in [3.8, 4) is 5.75 Å². The van der Waals surface area contributed by atoms with Crippen LogP contribution in [0.25, 0.3) is 10.2 Å². The van der Waals surface area contributed by atoms with E-state index in [4.69, 9.17) is 16.3 Å². The highest BCUT2D eigenvalue weighted by atomic mass is 35.5. The number of nitrogens with one attached hydrogen (secondary N) is 2. The molecule has 5 rings (SSSR count). The Morgan fingerprint density at radius 1 is 1.23 bits per heavy atom. The summed E-state index contributed by atoms with van der Waals surface area (Å²) in [5.41, 5.74) is 1.55. The minimum Gasteiger partial charge on any atom is -0.755 e. The van der Waals surface area contributed by atoms with Gasteiger partial charge in [-0.1, -0.05) is 23.7 Å². The SMILES string of the molecule is COc1ccc(CCCCN(c2ccc(F)c(NC(=O)c3csc4c(NC5CC5)ncnc34)c2Cl)S(=O)[O-])cc1. The lowest BCUT2D eigenvalue weighted by atomic mass is 10.1. The quantitative estimate of drug-likeness (QED) is 0.152. The normalized spacial score (nSPS) is 13.7. The average molecular weight is 603 g/mol. The third-order valence-corrected chi connectivity index (χ3v) is 8.61. The van der Waals surface area contributed by atoms with Crippen LogP contribution in [0.1, 0.15) is 41.6 Å². The summed E-state index contributed by atoms with van der Waals surface area (Å²) in [6, 6.07) is 10.4. The molecular formula is C27H26ClFN5O4S2-. The van der Waals surface area contributed by atoms with Gasteiger partial charge in [0.15, 0.2) is 0 Å². The van der Waals surface area contributed by atoms with Crippen molar-refractivity contribution in [1.82, 2.24) is 9.97 Å². The summed E-state index contributed by atoms with van der Waals surface area (Å²) in [5.74, 6) is 0.0164. The van der Waals surface area contributed by atoms with Crippen molar-refractivity contribution in [2.75, 3.05) is 28.6 Å². The molecule has 1 unspecified atom stereocenters. The monoisotopic (exact) mass is 602 g/mol. The fourth-order valence-corrected chi connectivity index (χ4v) is 6.11. The van der Waals surface area contributed by atoms with Gasteiger partial charge in [-0.2, -0.15) is 0 Å². The van der Waals surface area contributed by atoms with E-state index in [0.717, 1.165) is 45.6 Å². The van der Waals surface area contributed by atoms with Crippen molar-refractivity contribution in [3.05, 3.63) is 70.1 Å². The minimum atomic E-state index is -2.67. The fraction of sp³-hybridized carbons (Fsp3) is 0.296. The molecule has 0 radical (unpaired) electrons. The maximum Gasteiger partial charge on any atom is 0.258 e. The van der Waals surface area contributed by atoms with Gasteiger partial charge in [0.25, 0.3) is 5.91 Å². The van der Waals surface area contributed by atoms with Crippen molar-refractivity contribution < 1.29 is 22.7 Å².